The first kappa shape index (κ1) is 23.3. The van der Waals surface area contributed by atoms with Gasteiger partial charge in [0.25, 0.3) is 5.69 Å². The first-order valence-corrected chi connectivity index (χ1v) is 11.8. The van der Waals surface area contributed by atoms with Gasteiger partial charge in [0.05, 0.1) is 28.5 Å². The van der Waals surface area contributed by atoms with Crippen molar-refractivity contribution in [3.8, 4) is 16.9 Å². The summed E-state index contributed by atoms with van der Waals surface area (Å²) < 4.78 is 12.0. The van der Waals surface area contributed by atoms with Crippen molar-refractivity contribution in [1.29, 1.82) is 0 Å². The SMILES string of the molecule is COc1cc2occ(-c3ccc(C)cc3)c2cc1/C(C)=C/C(=O)Nc1nc2ccc([N+](=O)[O-])cc2s1. The van der Waals surface area contributed by atoms with E-state index in [4.69, 9.17) is 9.15 Å². The van der Waals surface area contributed by atoms with E-state index in [1.54, 1.807) is 19.4 Å². The lowest BCUT2D eigenvalue weighted by atomic mass is 9.99. The summed E-state index contributed by atoms with van der Waals surface area (Å²) in [5.41, 5.74) is 5.86. The van der Waals surface area contributed by atoms with Gasteiger partial charge in [-0.2, -0.15) is 0 Å². The van der Waals surface area contributed by atoms with E-state index in [1.165, 1.54) is 35.1 Å². The van der Waals surface area contributed by atoms with Crippen molar-refractivity contribution in [2.24, 2.45) is 0 Å². The molecule has 0 saturated carbocycles. The Kier molecular flexibility index (Phi) is 5.99. The van der Waals surface area contributed by atoms with Crippen molar-refractivity contribution in [1.82, 2.24) is 4.98 Å². The second kappa shape index (κ2) is 9.27. The highest BCUT2D eigenvalue weighted by Crippen LogP contribution is 2.37. The number of carbonyl (C=O) groups excluding carboxylic acids is 1. The molecule has 0 aliphatic rings. The molecule has 1 amide bonds. The third-order valence-corrected chi connectivity index (χ3v) is 6.78. The van der Waals surface area contributed by atoms with Crippen molar-refractivity contribution in [3.05, 3.63) is 88.2 Å². The number of hydrogen-bond donors (Lipinski definition) is 1. The number of furan rings is 1. The van der Waals surface area contributed by atoms with E-state index in [0.29, 0.717) is 32.3 Å². The van der Waals surface area contributed by atoms with Crippen LogP contribution in [-0.4, -0.2) is 22.9 Å². The van der Waals surface area contributed by atoms with Crippen LogP contribution in [0, 0.1) is 17.0 Å². The van der Waals surface area contributed by atoms with E-state index in [-0.39, 0.29) is 11.6 Å². The van der Waals surface area contributed by atoms with Crippen molar-refractivity contribution in [2.75, 3.05) is 12.4 Å². The molecule has 0 aliphatic heterocycles. The number of carbonyl (C=O) groups is 1. The number of anilines is 1. The van der Waals surface area contributed by atoms with Gasteiger partial charge in [0.1, 0.15) is 11.3 Å². The lowest BCUT2D eigenvalue weighted by Crippen LogP contribution is -2.08. The monoisotopic (exact) mass is 499 g/mol. The Morgan fingerprint density at radius 3 is 2.67 bits per heavy atom. The summed E-state index contributed by atoms with van der Waals surface area (Å²) >= 11 is 1.18. The van der Waals surface area contributed by atoms with Crippen molar-refractivity contribution in [3.63, 3.8) is 0 Å². The van der Waals surface area contributed by atoms with Crippen LogP contribution in [0.5, 0.6) is 5.75 Å². The number of nitro groups is 1. The highest BCUT2D eigenvalue weighted by Gasteiger charge is 2.16. The zero-order valence-electron chi connectivity index (χ0n) is 19.7. The molecule has 36 heavy (non-hydrogen) atoms. The highest BCUT2D eigenvalue weighted by atomic mass is 32.1. The normalized spacial score (nSPS) is 11.7. The van der Waals surface area contributed by atoms with E-state index in [9.17, 15) is 14.9 Å². The minimum absolute atomic E-state index is 0.0218. The Labute approximate surface area is 210 Å². The summed E-state index contributed by atoms with van der Waals surface area (Å²) in [4.78, 5) is 27.7. The number of nitro benzene ring substituents is 1. The van der Waals surface area contributed by atoms with Gasteiger partial charge in [-0.1, -0.05) is 41.2 Å². The molecule has 0 radical (unpaired) electrons. The Hall–Kier alpha value is -4.50. The summed E-state index contributed by atoms with van der Waals surface area (Å²) in [6.45, 7) is 3.87. The minimum atomic E-state index is -0.460. The molecule has 0 bridgehead atoms. The Bertz CT molecular complexity index is 1660. The Balaban J connectivity index is 1.45. The van der Waals surface area contributed by atoms with Crippen molar-refractivity contribution >= 4 is 54.8 Å². The predicted octanol–water partition coefficient (Wildman–Crippen LogP) is 6.98. The van der Waals surface area contributed by atoms with E-state index >= 15 is 0 Å². The average Bonchev–Trinajstić information content (AvgIpc) is 3.45. The number of fused-ring (bicyclic) bond motifs is 2. The fourth-order valence-electron chi connectivity index (χ4n) is 3.98. The summed E-state index contributed by atoms with van der Waals surface area (Å²) in [5, 5.41) is 15.0. The summed E-state index contributed by atoms with van der Waals surface area (Å²) in [6.07, 6.45) is 3.20. The number of rotatable bonds is 6. The molecule has 0 aliphatic carbocycles. The zero-order chi connectivity index (χ0) is 25.4. The first-order chi connectivity index (χ1) is 17.3. The number of nitrogens with one attached hydrogen (secondary N) is 1. The predicted molar refractivity (Wildman–Crippen MR) is 141 cm³/mol. The van der Waals surface area contributed by atoms with Crippen LogP contribution >= 0.6 is 11.3 Å². The van der Waals surface area contributed by atoms with Crippen LogP contribution in [0.25, 0.3) is 37.9 Å². The maximum absolute atomic E-state index is 12.8. The second-order valence-electron chi connectivity index (χ2n) is 8.31. The molecule has 1 N–H and O–H groups in total. The van der Waals surface area contributed by atoms with Crippen LogP contribution < -0.4 is 10.1 Å². The summed E-state index contributed by atoms with van der Waals surface area (Å²) in [5.74, 6) is 0.218. The standard InChI is InChI=1S/C27H21N3O5S/c1-15-4-6-17(7-5-15)21-14-35-24-13-23(34-3)19(12-20(21)24)16(2)10-26(31)29-27-28-22-9-8-18(30(32)33)11-25(22)36-27/h4-14H,1-3H3,(H,28,29,31)/b16-10+. The highest BCUT2D eigenvalue weighted by molar-refractivity contribution is 7.22. The smallest absolute Gasteiger partial charge is 0.270 e. The van der Waals surface area contributed by atoms with E-state index in [2.05, 4.69) is 10.3 Å². The molecule has 0 saturated heterocycles. The van der Waals surface area contributed by atoms with Crippen LogP contribution in [0.2, 0.25) is 0 Å². The molecular weight excluding hydrogens is 478 g/mol. The number of ether oxygens (including phenoxy) is 1. The number of aryl methyl sites for hydroxylation is 1. The maximum Gasteiger partial charge on any atom is 0.270 e. The maximum atomic E-state index is 12.8. The molecule has 2 heterocycles. The van der Waals surface area contributed by atoms with Gasteiger partial charge in [-0.15, -0.1) is 0 Å². The molecule has 180 valence electrons. The number of nitrogens with zero attached hydrogens (tertiary/aromatic N) is 2. The van der Waals surface area contributed by atoms with E-state index in [0.717, 1.165) is 22.1 Å². The zero-order valence-corrected chi connectivity index (χ0v) is 20.5. The molecule has 0 unspecified atom stereocenters. The Morgan fingerprint density at radius 1 is 1.17 bits per heavy atom. The molecule has 8 nitrogen and oxygen atoms in total. The van der Waals surface area contributed by atoms with E-state index < -0.39 is 4.92 Å². The number of thiazole rings is 1. The second-order valence-corrected chi connectivity index (χ2v) is 9.34. The molecular formula is C27H21N3O5S. The van der Waals surface area contributed by atoms with Crippen molar-refractivity contribution in [2.45, 2.75) is 13.8 Å². The first-order valence-electron chi connectivity index (χ1n) is 11.0. The van der Waals surface area contributed by atoms with Gasteiger partial charge in [-0.3, -0.25) is 20.2 Å². The quantitative estimate of drug-likeness (QED) is 0.153. The Morgan fingerprint density at radius 2 is 1.94 bits per heavy atom. The number of non-ortho nitro benzene ring substituents is 1. The van der Waals surface area contributed by atoms with Gasteiger partial charge in [0, 0.05) is 40.8 Å². The molecule has 5 aromatic rings. The van der Waals surface area contributed by atoms with Crippen LogP contribution in [0.4, 0.5) is 10.8 Å². The fourth-order valence-corrected chi connectivity index (χ4v) is 4.89. The summed E-state index contributed by atoms with van der Waals surface area (Å²) in [6, 6.07) is 16.4. The molecule has 5 rings (SSSR count). The largest absolute Gasteiger partial charge is 0.496 e. The number of benzene rings is 3. The third kappa shape index (κ3) is 4.44. The van der Waals surface area contributed by atoms with Gasteiger partial charge in [0.2, 0.25) is 5.91 Å². The number of aromatic nitrogens is 1. The van der Waals surface area contributed by atoms with Crippen LogP contribution in [0.3, 0.4) is 0 Å². The van der Waals surface area contributed by atoms with Gasteiger partial charge < -0.3 is 9.15 Å². The van der Waals surface area contributed by atoms with E-state index in [1.807, 2.05) is 50.2 Å². The fraction of sp³-hybridized carbons (Fsp3) is 0.111. The lowest BCUT2D eigenvalue weighted by Gasteiger charge is -2.10. The number of hydrogen-bond acceptors (Lipinski definition) is 7. The minimum Gasteiger partial charge on any atom is -0.496 e. The molecule has 3 aromatic carbocycles. The number of methoxy groups -OCH3 is 1. The number of amides is 1. The molecule has 0 atom stereocenters. The molecule has 2 aromatic heterocycles. The molecule has 9 heteroatoms. The van der Waals surface area contributed by atoms with Crippen LogP contribution in [0.1, 0.15) is 18.1 Å². The van der Waals surface area contributed by atoms with Crippen LogP contribution in [0.15, 0.2) is 71.4 Å². The van der Waals surface area contributed by atoms with Gasteiger partial charge in [-0.05, 0) is 37.1 Å². The van der Waals surface area contributed by atoms with Gasteiger partial charge >= 0.3 is 0 Å². The molecule has 0 fully saturated rings. The number of allylic oxidation sites excluding steroid dienone is 1. The van der Waals surface area contributed by atoms with Gasteiger partial charge in [0.15, 0.2) is 5.13 Å². The summed E-state index contributed by atoms with van der Waals surface area (Å²) in [7, 11) is 1.57. The average molecular weight is 500 g/mol. The van der Waals surface area contributed by atoms with Crippen LogP contribution in [-0.2, 0) is 4.79 Å². The molecule has 0 spiro atoms. The third-order valence-electron chi connectivity index (χ3n) is 5.84. The van der Waals surface area contributed by atoms with Gasteiger partial charge in [-0.25, -0.2) is 4.98 Å². The lowest BCUT2D eigenvalue weighted by molar-refractivity contribution is -0.384. The van der Waals surface area contributed by atoms with Crippen molar-refractivity contribution < 1.29 is 18.9 Å². The topological polar surface area (TPSA) is 108 Å².